The van der Waals surface area contributed by atoms with E-state index >= 15 is 0 Å². The molecule has 2 heterocycles. The first-order valence-electron chi connectivity index (χ1n) is 9.02. The SMILES string of the molecule is O=C(Cc1csc(N2CCCC2=O)n1)NCCNS(=O)(=O)c1cccc([N+](=O)[O-])c1. The molecule has 1 aromatic carbocycles. The minimum atomic E-state index is -3.94. The lowest BCUT2D eigenvalue weighted by molar-refractivity contribution is -0.385. The predicted octanol–water partition coefficient (Wildman–Crippen LogP) is 0.815. The Hall–Kier alpha value is -2.90. The van der Waals surface area contributed by atoms with Crippen molar-refractivity contribution in [2.75, 3.05) is 24.5 Å². The van der Waals surface area contributed by atoms with E-state index in [1.807, 2.05) is 0 Å². The van der Waals surface area contributed by atoms with Gasteiger partial charge in [0, 0.05) is 43.6 Å². The summed E-state index contributed by atoms with van der Waals surface area (Å²) in [5.41, 5.74) is 0.203. The van der Waals surface area contributed by atoms with E-state index in [1.54, 1.807) is 10.3 Å². The van der Waals surface area contributed by atoms with Gasteiger partial charge in [-0.3, -0.25) is 24.6 Å². The summed E-state index contributed by atoms with van der Waals surface area (Å²) in [6.45, 7) is 0.582. The Morgan fingerprint density at radius 1 is 1.33 bits per heavy atom. The zero-order valence-corrected chi connectivity index (χ0v) is 17.4. The maximum absolute atomic E-state index is 12.2. The number of carbonyl (C=O) groups excluding carboxylic acids is 2. The molecule has 1 aromatic heterocycles. The maximum atomic E-state index is 12.2. The number of aromatic nitrogens is 1. The van der Waals surface area contributed by atoms with Gasteiger partial charge in [0.2, 0.25) is 21.8 Å². The number of rotatable bonds is 9. The van der Waals surface area contributed by atoms with Crippen LogP contribution in [0.1, 0.15) is 18.5 Å². The number of nitrogens with one attached hydrogen (secondary N) is 2. The highest BCUT2D eigenvalue weighted by atomic mass is 32.2. The van der Waals surface area contributed by atoms with Crippen LogP contribution in [0.5, 0.6) is 0 Å². The third-order valence-corrected chi connectivity index (χ3v) is 6.63. The number of amides is 2. The molecule has 2 N–H and O–H groups in total. The Kier molecular flexibility index (Phi) is 6.74. The van der Waals surface area contributed by atoms with Crippen LogP contribution in [0, 0.1) is 10.1 Å². The third-order valence-electron chi connectivity index (χ3n) is 4.26. The molecule has 1 saturated heterocycles. The fourth-order valence-electron chi connectivity index (χ4n) is 2.81. The van der Waals surface area contributed by atoms with E-state index in [-0.39, 0.29) is 41.9 Å². The van der Waals surface area contributed by atoms with Gasteiger partial charge in [-0.15, -0.1) is 11.3 Å². The summed E-state index contributed by atoms with van der Waals surface area (Å²) in [5.74, 6) is -0.314. The van der Waals surface area contributed by atoms with Gasteiger partial charge in [-0.05, 0) is 12.5 Å². The first-order valence-corrected chi connectivity index (χ1v) is 11.4. The molecule has 1 aliphatic heterocycles. The fraction of sp³-hybridized carbons (Fsp3) is 0.353. The van der Waals surface area contributed by atoms with Crippen LogP contribution in [0.2, 0.25) is 0 Å². The summed E-state index contributed by atoms with van der Waals surface area (Å²) >= 11 is 1.30. The second-order valence-corrected chi connectivity index (χ2v) is 9.05. The second-order valence-electron chi connectivity index (χ2n) is 6.45. The van der Waals surface area contributed by atoms with Crippen molar-refractivity contribution in [1.29, 1.82) is 0 Å². The number of thiazole rings is 1. The van der Waals surface area contributed by atoms with Gasteiger partial charge in [0.25, 0.3) is 5.69 Å². The molecule has 3 rings (SSSR count). The van der Waals surface area contributed by atoms with Gasteiger partial charge in [0.15, 0.2) is 5.13 Å². The molecule has 160 valence electrons. The number of anilines is 1. The number of nitro benzene ring substituents is 1. The molecule has 30 heavy (non-hydrogen) atoms. The van der Waals surface area contributed by atoms with Crippen LogP contribution in [0.15, 0.2) is 34.5 Å². The smallest absolute Gasteiger partial charge is 0.270 e. The van der Waals surface area contributed by atoms with Gasteiger partial charge in [-0.25, -0.2) is 18.1 Å². The van der Waals surface area contributed by atoms with Crippen LogP contribution < -0.4 is 14.9 Å². The summed E-state index contributed by atoms with van der Waals surface area (Å²) in [6, 6.07) is 4.69. The summed E-state index contributed by atoms with van der Waals surface area (Å²) in [4.78, 5) is 39.6. The molecular formula is C17H19N5O6S2. The average molecular weight is 454 g/mol. The maximum Gasteiger partial charge on any atom is 0.270 e. The molecule has 0 spiro atoms. The number of benzene rings is 1. The van der Waals surface area contributed by atoms with Gasteiger partial charge < -0.3 is 5.32 Å². The molecule has 0 unspecified atom stereocenters. The molecule has 0 atom stereocenters. The molecule has 0 saturated carbocycles. The summed E-state index contributed by atoms with van der Waals surface area (Å²) in [5, 5.41) is 15.6. The van der Waals surface area contributed by atoms with Crippen molar-refractivity contribution in [3.05, 3.63) is 45.5 Å². The Balaban J connectivity index is 1.46. The molecule has 0 bridgehead atoms. The number of non-ortho nitro benzene ring substituents is 1. The van der Waals surface area contributed by atoms with Crippen LogP contribution in [-0.4, -0.2) is 49.8 Å². The van der Waals surface area contributed by atoms with Crippen molar-refractivity contribution < 1.29 is 22.9 Å². The topological polar surface area (TPSA) is 152 Å². The minimum absolute atomic E-state index is 0.0101. The van der Waals surface area contributed by atoms with Crippen LogP contribution in [0.25, 0.3) is 0 Å². The van der Waals surface area contributed by atoms with Gasteiger partial charge in [0.1, 0.15) is 0 Å². The molecule has 1 aliphatic rings. The van der Waals surface area contributed by atoms with Gasteiger partial charge >= 0.3 is 0 Å². The van der Waals surface area contributed by atoms with Gasteiger partial charge in [0.05, 0.1) is 21.9 Å². The van der Waals surface area contributed by atoms with E-state index in [0.29, 0.717) is 23.8 Å². The largest absolute Gasteiger partial charge is 0.354 e. The third kappa shape index (κ3) is 5.37. The fourth-order valence-corrected chi connectivity index (χ4v) is 4.75. The van der Waals surface area contributed by atoms with E-state index in [1.165, 1.54) is 29.5 Å². The van der Waals surface area contributed by atoms with Crippen LogP contribution in [-0.2, 0) is 26.0 Å². The molecule has 1 fully saturated rings. The number of sulfonamides is 1. The van der Waals surface area contributed by atoms with Crippen molar-refractivity contribution in [2.24, 2.45) is 0 Å². The number of carbonyl (C=O) groups is 2. The average Bonchev–Trinajstić information content (AvgIpc) is 3.34. The highest BCUT2D eigenvalue weighted by Gasteiger charge is 2.24. The van der Waals surface area contributed by atoms with Gasteiger partial charge in [-0.1, -0.05) is 6.07 Å². The zero-order chi connectivity index (χ0) is 21.7. The zero-order valence-electron chi connectivity index (χ0n) is 15.7. The van der Waals surface area contributed by atoms with E-state index in [2.05, 4.69) is 15.0 Å². The van der Waals surface area contributed by atoms with Crippen molar-refractivity contribution in [3.8, 4) is 0 Å². The Bertz CT molecular complexity index is 1070. The highest BCUT2D eigenvalue weighted by Crippen LogP contribution is 2.25. The summed E-state index contributed by atoms with van der Waals surface area (Å²) in [7, 11) is -3.94. The lowest BCUT2D eigenvalue weighted by Gasteiger charge is -2.10. The van der Waals surface area contributed by atoms with E-state index in [0.717, 1.165) is 12.5 Å². The van der Waals surface area contributed by atoms with Crippen LogP contribution >= 0.6 is 11.3 Å². The summed E-state index contributed by atoms with van der Waals surface area (Å²) in [6.07, 6.45) is 1.30. The predicted molar refractivity (Wildman–Crippen MR) is 109 cm³/mol. The van der Waals surface area contributed by atoms with Crippen molar-refractivity contribution in [3.63, 3.8) is 0 Å². The van der Waals surface area contributed by atoms with Crippen LogP contribution in [0.3, 0.4) is 0 Å². The first kappa shape index (κ1) is 21.8. The first-order chi connectivity index (χ1) is 14.3. The lowest BCUT2D eigenvalue weighted by atomic mass is 10.3. The monoisotopic (exact) mass is 453 g/mol. The normalized spacial score (nSPS) is 14.1. The second kappa shape index (κ2) is 9.28. The lowest BCUT2D eigenvalue weighted by Crippen LogP contribution is -2.35. The molecule has 2 amide bonds. The van der Waals surface area contributed by atoms with Gasteiger partial charge in [-0.2, -0.15) is 0 Å². The summed E-state index contributed by atoms with van der Waals surface area (Å²) < 4.78 is 26.7. The van der Waals surface area contributed by atoms with E-state index in [4.69, 9.17) is 0 Å². The van der Waals surface area contributed by atoms with Crippen molar-refractivity contribution >= 4 is 44.0 Å². The molecule has 0 aliphatic carbocycles. The number of hydrogen-bond acceptors (Lipinski definition) is 8. The molecule has 0 radical (unpaired) electrons. The number of nitro groups is 1. The highest BCUT2D eigenvalue weighted by molar-refractivity contribution is 7.89. The quantitative estimate of drug-likeness (QED) is 0.324. The molecule has 11 nitrogen and oxygen atoms in total. The molecular weight excluding hydrogens is 434 g/mol. The number of nitrogens with zero attached hydrogens (tertiary/aromatic N) is 3. The Labute approximate surface area is 176 Å². The number of hydrogen-bond donors (Lipinski definition) is 2. The molecule has 2 aromatic rings. The van der Waals surface area contributed by atoms with E-state index in [9.17, 15) is 28.1 Å². The van der Waals surface area contributed by atoms with E-state index < -0.39 is 14.9 Å². The molecule has 13 heteroatoms. The van der Waals surface area contributed by atoms with Crippen molar-refractivity contribution in [1.82, 2.24) is 15.0 Å². The standard InChI is InChI=1S/C17H19N5O6S2/c23-15(9-12-11-29-17(20-12)21-8-2-5-16(21)24)18-6-7-19-30(27,28)14-4-1-3-13(10-14)22(25)26/h1,3-4,10-11,19H,2,5-9H2,(H,18,23). The van der Waals surface area contributed by atoms with Crippen molar-refractivity contribution in [2.45, 2.75) is 24.2 Å². The Morgan fingerprint density at radius 3 is 2.83 bits per heavy atom. The minimum Gasteiger partial charge on any atom is -0.354 e. The Morgan fingerprint density at radius 2 is 2.13 bits per heavy atom. The van der Waals surface area contributed by atoms with Crippen LogP contribution in [0.4, 0.5) is 10.8 Å².